The van der Waals surface area contributed by atoms with Crippen LogP contribution in [-0.4, -0.2) is 60.7 Å². The van der Waals surface area contributed by atoms with Crippen molar-refractivity contribution in [2.75, 3.05) is 27.3 Å². The molecule has 0 aliphatic carbocycles. The standard InChI is InChI=1S/C74H102N2O6S4/c1-9-13-17-21-25-27-31-35-39-53(37-33-29-23-19-15-11-3)49-75-72(78)58-47-56(62-43-44-63(85-62)64-48-60(82-8)70(86-64)69-59(81-7)45-52(6)84-69)68-66-57(46-55(61-42-41-51(5)83-61)67(65(58)66)73(75)79)71(77)76(74(68)80)50-54(38-34-30-24-20-16-12-4)40-36-32-28-26-22-18-14-10-2/h41-48,53-54H,9-40,49-50H2,1-8H3. The van der Waals surface area contributed by atoms with Gasteiger partial charge in [0.05, 0.1) is 35.1 Å². The van der Waals surface area contributed by atoms with Crippen molar-refractivity contribution in [3.63, 3.8) is 0 Å². The third-order valence-corrected chi connectivity index (χ3v) is 23.0. The first-order valence-electron chi connectivity index (χ1n) is 33.9. The highest BCUT2D eigenvalue weighted by Crippen LogP contribution is 2.53. The van der Waals surface area contributed by atoms with Crippen LogP contribution in [0.15, 0.2) is 48.5 Å². The summed E-state index contributed by atoms with van der Waals surface area (Å²) < 4.78 is 11.9. The van der Waals surface area contributed by atoms with Crippen LogP contribution in [0.3, 0.4) is 0 Å². The molecule has 0 saturated carbocycles. The molecule has 2 aliphatic heterocycles. The van der Waals surface area contributed by atoms with E-state index in [1.165, 1.54) is 128 Å². The Morgan fingerprint density at radius 3 is 1.12 bits per heavy atom. The van der Waals surface area contributed by atoms with Gasteiger partial charge in [0.2, 0.25) is 0 Å². The Kier molecular flexibility index (Phi) is 26.9. The van der Waals surface area contributed by atoms with Gasteiger partial charge in [-0.05, 0) is 93.8 Å². The number of unbranched alkanes of at least 4 members (excludes halogenated alkanes) is 24. The van der Waals surface area contributed by atoms with Gasteiger partial charge in [0, 0.05) is 81.4 Å². The number of thiophene rings is 4. The van der Waals surface area contributed by atoms with Gasteiger partial charge in [-0.1, -0.05) is 207 Å². The van der Waals surface area contributed by atoms with Gasteiger partial charge in [-0.2, -0.15) is 0 Å². The molecular weight excluding hydrogens is 1140 g/mol. The lowest BCUT2D eigenvalue weighted by Gasteiger charge is -2.36. The zero-order chi connectivity index (χ0) is 61.0. The quantitative estimate of drug-likeness (QED) is 0.0280. The molecule has 4 amide bonds. The predicted octanol–water partition coefficient (Wildman–Crippen LogP) is 23.4. The van der Waals surface area contributed by atoms with Gasteiger partial charge in [0.15, 0.2) is 0 Å². The summed E-state index contributed by atoms with van der Waals surface area (Å²) >= 11 is 6.51. The number of carbonyl (C=O) groups excluding carboxylic acids is 4. The summed E-state index contributed by atoms with van der Waals surface area (Å²) in [6.07, 6.45) is 37.7. The number of aryl methyl sites for hydroxylation is 2. The van der Waals surface area contributed by atoms with Crippen molar-refractivity contribution in [2.45, 2.75) is 247 Å². The molecule has 0 fully saturated rings. The topological polar surface area (TPSA) is 93.2 Å². The SMILES string of the molecule is CCCCCCCCCCC(CCCCCCCC)CN1C(=O)c2cc(-c3ccc(-c4cc(OC)c(-c5sc(C)cc5OC)s4)s3)c3c4c(cc(-c5ccc(C)s5)c(c24)C1=O)C(=O)N(CC(CCCCCCCC)CCCCCCCCCC)C3=O. The molecule has 468 valence electrons. The minimum absolute atomic E-state index is 0.153. The molecular formula is C74H102N2O6S4. The fourth-order valence-electron chi connectivity index (χ4n) is 13.4. The monoisotopic (exact) mass is 1240 g/mol. The summed E-state index contributed by atoms with van der Waals surface area (Å²) in [5, 5.41) is 0.906. The van der Waals surface area contributed by atoms with Crippen molar-refractivity contribution in [1.29, 1.82) is 0 Å². The molecule has 2 aliphatic rings. The number of rotatable bonds is 42. The molecule has 0 bridgehead atoms. The molecule has 2 atom stereocenters. The van der Waals surface area contributed by atoms with Gasteiger partial charge in [-0.25, -0.2) is 0 Å². The summed E-state index contributed by atoms with van der Waals surface area (Å²) in [6, 6.07) is 16.3. The minimum Gasteiger partial charge on any atom is -0.495 e. The highest BCUT2D eigenvalue weighted by atomic mass is 32.1. The van der Waals surface area contributed by atoms with Crippen molar-refractivity contribution in [3.8, 4) is 51.9 Å². The average molecular weight is 1240 g/mol. The minimum atomic E-state index is -0.333. The van der Waals surface area contributed by atoms with Crippen LogP contribution in [0.4, 0.5) is 0 Å². The van der Waals surface area contributed by atoms with Crippen LogP contribution in [0.2, 0.25) is 0 Å². The zero-order valence-electron chi connectivity index (χ0n) is 53.8. The van der Waals surface area contributed by atoms with Crippen LogP contribution >= 0.6 is 45.3 Å². The van der Waals surface area contributed by atoms with E-state index in [9.17, 15) is 0 Å². The normalized spacial score (nSPS) is 14.0. The Balaban J connectivity index is 1.23. The molecule has 6 heterocycles. The van der Waals surface area contributed by atoms with Gasteiger partial charge in [0.1, 0.15) is 11.5 Å². The molecule has 12 heteroatoms. The number of imide groups is 2. The highest BCUT2D eigenvalue weighted by molar-refractivity contribution is 7.27. The van der Waals surface area contributed by atoms with Crippen molar-refractivity contribution in [3.05, 3.63) is 80.5 Å². The molecule has 0 saturated heterocycles. The molecule has 2 aromatic carbocycles. The van der Waals surface area contributed by atoms with E-state index >= 15 is 19.2 Å². The summed E-state index contributed by atoms with van der Waals surface area (Å²) in [6.45, 7) is 13.9. The molecule has 0 N–H and O–H groups in total. The van der Waals surface area contributed by atoms with Crippen molar-refractivity contribution < 1.29 is 28.7 Å². The van der Waals surface area contributed by atoms with Crippen LogP contribution < -0.4 is 9.47 Å². The van der Waals surface area contributed by atoms with Gasteiger partial charge >= 0.3 is 0 Å². The van der Waals surface area contributed by atoms with Crippen LogP contribution in [-0.2, 0) is 0 Å². The molecule has 86 heavy (non-hydrogen) atoms. The number of hydrogen-bond acceptors (Lipinski definition) is 10. The molecule has 0 spiro atoms. The first-order valence-corrected chi connectivity index (χ1v) is 37.1. The van der Waals surface area contributed by atoms with Crippen LogP contribution in [0.5, 0.6) is 11.5 Å². The Bertz CT molecular complexity index is 3160. The van der Waals surface area contributed by atoms with E-state index < -0.39 is 0 Å². The van der Waals surface area contributed by atoms with Gasteiger partial charge < -0.3 is 9.47 Å². The molecule has 0 radical (unpaired) electrons. The summed E-state index contributed by atoms with van der Waals surface area (Å²) in [7, 11) is 3.41. The molecule has 4 aromatic heterocycles. The predicted molar refractivity (Wildman–Crippen MR) is 368 cm³/mol. The van der Waals surface area contributed by atoms with E-state index in [-0.39, 0.29) is 35.5 Å². The van der Waals surface area contributed by atoms with Crippen molar-refractivity contribution in [2.24, 2.45) is 11.8 Å². The summed E-state index contributed by atoms with van der Waals surface area (Å²) in [5.41, 5.74) is 2.97. The third kappa shape index (κ3) is 17.0. The Morgan fingerprint density at radius 2 is 0.721 bits per heavy atom. The van der Waals surface area contributed by atoms with Crippen LogP contribution in [0.25, 0.3) is 51.2 Å². The molecule has 6 aromatic rings. The summed E-state index contributed by atoms with van der Waals surface area (Å²) in [5.74, 6) is 0.578. The Labute approximate surface area is 533 Å². The van der Waals surface area contributed by atoms with E-state index in [2.05, 4.69) is 77.9 Å². The number of nitrogens with zero attached hydrogens (tertiary/aromatic N) is 2. The van der Waals surface area contributed by atoms with E-state index in [1.54, 1.807) is 69.4 Å². The maximum absolute atomic E-state index is 16.0. The van der Waals surface area contributed by atoms with Gasteiger partial charge in [-0.3, -0.25) is 29.0 Å². The number of amides is 4. The second kappa shape index (κ2) is 34.4. The smallest absolute Gasteiger partial charge is 0.262 e. The molecule has 2 unspecified atom stereocenters. The number of hydrogen-bond donors (Lipinski definition) is 0. The molecule has 8 nitrogen and oxygen atoms in total. The van der Waals surface area contributed by atoms with Gasteiger partial charge in [-0.15, -0.1) is 45.3 Å². The maximum atomic E-state index is 16.0. The second-order valence-corrected chi connectivity index (χ2v) is 29.8. The van der Waals surface area contributed by atoms with E-state index in [1.807, 2.05) is 12.1 Å². The average Bonchev–Trinajstić information content (AvgIpc) is 0.760. The third-order valence-electron chi connectivity index (χ3n) is 18.3. The maximum Gasteiger partial charge on any atom is 0.262 e. The fraction of sp³-hybridized carbons (Fsp3) is 0.595. The van der Waals surface area contributed by atoms with Gasteiger partial charge in [0.25, 0.3) is 23.6 Å². The Morgan fingerprint density at radius 1 is 0.360 bits per heavy atom. The summed E-state index contributed by atoms with van der Waals surface area (Å²) in [4.78, 5) is 74.6. The van der Waals surface area contributed by atoms with E-state index in [0.717, 1.165) is 128 Å². The van der Waals surface area contributed by atoms with E-state index in [0.29, 0.717) is 57.2 Å². The Hall–Kier alpha value is -4.62. The number of carbonyl (C=O) groups is 4. The largest absolute Gasteiger partial charge is 0.495 e. The second-order valence-electron chi connectivity index (χ2n) is 25.1. The number of ether oxygens (including phenoxy) is 2. The van der Waals surface area contributed by atoms with Crippen LogP contribution in [0, 0.1) is 25.7 Å². The number of benzene rings is 2. The van der Waals surface area contributed by atoms with Crippen molar-refractivity contribution >= 4 is 79.7 Å². The zero-order valence-corrected chi connectivity index (χ0v) is 57.1. The first-order chi connectivity index (χ1) is 42.0. The number of methoxy groups -OCH3 is 2. The first kappa shape index (κ1) is 67.3. The molecule has 8 rings (SSSR count). The fourth-order valence-corrected chi connectivity index (χ4v) is 17.7. The van der Waals surface area contributed by atoms with Crippen molar-refractivity contribution in [1.82, 2.24) is 9.80 Å². The highest BCUT2D eigenvalue weighted by Gasteiger charge is 2.44. The van der Waals surface area contributed by atoms with Crippen LogP contribution in [0.1, 0.15) is 284 Å². The van der Waals surface area contributed by atoms with E-state index in [4.69, 9.17) is 9.47 Å². The lowest BCUT2D eigenvalue weighted by atomic mass is 9.80. The lowest BCUT2D eigenvalue weighted by Crippen LogP contribution is -2.46. The lowest BCUT2D eigenvalue weighted by molar-refractivity contribution is 0.0557.